The van der Waals surface area contributed by atoms with E-state index in [2.05, 4.69) is 41.7 Å². The number of carbonyl (C=O) groups is 1. The van der Waals surface area contributed by atoms with Gasteiger partial charge in [0.05, 0.1) is 6.42 Å². The van der Waals surface area contributed by atoms with Crippen molar-refractivity contribution in [2.75, 3.05) is 5.32 Å². The Morgan fingerprint density at radius 1 is 1.24 bits per heavy atom. The van der Waals surface area contributed by atoms with E-state index >= 15 is 0 Å². The lowest BCUT2D eigenvalue weighted by Crippen LogP contribution is -2.12. The fraction of sp³-hybridized carbons (Fsp3) is 0.278. The Balaban J connectivity index is 1.73. The van der Waals surface area contributed by atoms with E-state index in [1.54, 1.807) is 0 Å². The van der Waals surface area contributed by atoms with E-state index in [9.17, 15) is 4.79 Å². The van der Waals surface area contributed by atoms with Gasteiger partial charge < -0.3 is 11.1 Å². The summed E-state index contributed by atoms with van der Waals surface area (Å²) in [6.45, 7) is 2.03. The van der Waals surface area contributed by atoms with Gasteiger partial charge >= 0.3 is 0 Å². The summed E-state index contributed by atoms with van der Waals surface area (Å²) in [6.07, 6.45) is 2.34. The molecule has 0 spiro atoms. The first-order valence-electron chi connectivity index (χ1n) is 7.36. The quantitative estimate of drug-likeness (QED) is 0.904. The molecule has 3 N–H and O–H groups in total. The maximum atomic E-state index is 11.5. The molecule has 21 heavy (non-hydrogen) atoms. The Kier molecular flexibility index (Phi) is 3.76. The Hall–Kier alpha value is -2.13. The fourth-order valence-corrected chi connectivity index (χ4v) is 2.91. The average Bonchev–Trinajstić information content (AvgIpc) is 2.87. The predicted molar refractivity (Wildman–Crippen MR) is 85.2 cm³/mol. The molecule has 0 fully saturated rings. The van der Waals surface area contributed by atoms with Crippen molar-refractivity contribution in [2.24, 2.45) is 5.73 Å². The van der Waals surface area contributed by atoms with Crippen molar-refractivity contribution in [2.45, 2.75) is 32.2 Å². The van der Waals surface area contributed by atoms with E-state index in [-0.39, 0.29) is 11.9 Å². The molecule has 0 saturated carbocycles. The molecule has 3 nitrogen and oxygen atoms in total. The lowest BCUT2D eigenvalue weighted by molar-refractivity contribution is -0.115. The molecule has 3 rings (SSSR count). The number of aryl methyl sites for hydroxylation is 2. The predicted octanol–water partition coefficient (Wildman–Crippen LogP) is 3.12. The number of anilines is 1. The summed E-state index contributed by atoms with van der Waals surface area (Å²) >= 11 is 0. The summed E-state index contributed by atoms with van der Waals surface area (Å²) in [7, 11) is 0. The number of carbonyl (C=O) groups excluding carboxylic acids is 1. The van der Waals surface area contributed by atoms with Crippen LogP contribution in [0.4, 0.5) is 5.69 Å². The molecule has 0 aromatic heterocycles. The Bertz CT molecular complexity index is 664. The molecule has 3 heteroatoms. The first kappa shape index (κ1) is 13.8. The largest absolute Gasteiger partial charge is 0.325 e. The van der Waals surface area contributed by atoms with Crippen molar-refractivity contribution in [3.8, 4) is 0 Å². The van der Waals surface area contributed by atoms with Gasteiger partial charge in [0.1, 0.15) is 0 Å². The first-order chi connectivity index (χ1) is 10.1. The van der Waals surface area contributed by atoms with Crippen molar-refractivity contribution >= 4 is 11.6 Å². The van der Waals surface area contributed by atoms with Crippen LogP contribution in [-0.4, -0.2) is 5.91 Å². The van der Waals surface area contributed by atoms with E-state index in [0.717, 1.165) is 35.2 Å². The van der Waals surface area contributed by atoms with Crippen LogP contribution < -0.4 is 11.1 Å². The van der Waals surface area contributed by atoms with Gasteiger partial charge in [-0.1, -0.05) is 42.5 Å². The van der Waals surface area contributed by atoms with Crippen LogP contribution in [0, 0.1) is 6.92 Å². The van der Waals surface area contributed by atoms with Crippen LogP contribution in [0.2, 0.25) is 0 Å². The number of hydrogen-bond acceptors (Lipinski definition) is 2. The number of hydrogen-bond donors (Lipinski definition) is 2. The molecule has 2 aromatic rings. The number of amides is 1. The third kappa shape index (κ3) is 2.98. The van der Waals surface area contributed by atoms with E-state index in [0.29, 0.717) is 6.42 Å². The first-order valence-corrected chi connectivity index (χ1v) is 7.36. The van der Waals surface area contributed by atoms with Crippen molar-refractivity contribution in [1.82, 2.24) is 0 Å². The molecule has 1 aliphatic rings. The number of rotatable bonds is 4. The maximum absolute atomic E-state index is 11.5. The van der Waals surface area contributed by atoms with Crippen molar-refractivity contribution in [3.05, 3.63) is 64.7 Å². The van der Waals surface area contributed by atoms with Crippen LogP contribution in [0.3, 0.4) is 0 Å². The molecule has 0 aliphatic carbocycles. The normalized spacial score (nSPS) is 14.7. The van der Waals surface area contributed by atoms with Gasteiger partial charge in [-0.05, 0) is 42.0 Å². The number of nitrogens with two attached hydrogens (primary N) is 1. The SMILES string of the molecule is Cc1cc(C(N)CCc2ccccc2)cc2c1NC(=O)C2. The Morgan fingerprint density at radius 2 is 2.00 bits per heavy atom. The second-order valence-electron chi connectivity index (χ2n) is 5.73. The highest BCUT2D eigenvalue weighted by atomic mass is 16.1. The van der Waals surface area contributed by atoms with E-state index in [1.807, 2.05) is 13.0 Å². The highest BCUT2D eigenvalue weighted by Crippen LogP contribution is 2.30. The van der Waals surface area contributed by atoms with Crippen molar-refractivity contribution in [1.29, 1.82) is 0 Å². The molecule has 0 bridgehead atoms. The van der Waals surface area contributed by atoms with Crippen LogP contribution >= 0.6 is 0 Å². The second-order valence-corrected chi connectivity index (χ2v) is 5.73. The van der Waals surface area contributed by atoms with Crippen LogP contribution in [0.15, 0.2) is 42.5 Å². The molecule has 1 atom stereocenters. The Morgan fingerprint density at radius 3 is 2.76 bits per heavy atom. The lowest BCUT2D eigenvalue weighted by Gasteiger charge is -2.15. The second kappa shape index (κ2) is 5.70. The summed E-state index contributed by atoms with van der Waals surface area (Å²) in [5.41, 5.74) is 11.9. The van der Waals surface area contributed by atoms with Gasteiger partial charge in [-0.3, -0.25) is 4.79 Å². The molecule has 1 heterocycles. The van der Waals surface area contributed by atoms with E-state index < -0.39 is 0 Å². The molecule has 1 aliphatic heterocycles. The summed E-state index contributed by atoms with van der Waals surface area (Å²) < 4.78 is 0. The lowest BCUT2D eigenvalue weighted by atomic mass is 9.95. The Labute approximate surface area is 125 Å². The van der Waals surface area contributed by atoms with Crippen LogP contribution in [0.1, 0.15) is 34.7 Å². The van der Waals surface area contributed by atoms with Gasteiger partial charge in [0.15, 0.2) is 0 Å². The van der Waals surface area contributed by atoms with Gasteiger partial charge in [0, 0.05) is 11.7 Å². The zero-order chi connectivity index (χ0) is 14.8. The molecular weight excluding hydrogens is 260 g/mol. The average molecular weight is 280 g/mol. The molecule has 2 aromatic carbocycles. The molecule has 1 unspecified atom stereocenters. The van der Waals surface area contributed by atoms with Crippen molar-refractivity contribution < 1.29 is 4.79 Å². The maximum Gasteiger partial charge on any atom is 0.228 e. The van der Waals surface area contributed by atoms with Crippen LogP contribution in [0.25, 0.3) is 0 Å². The molecule has 0 saturated heterocycles. The van der Waals surface area contributed by atoms with Gasteiger partial charge in [0.25, 0.3) is 0 Å². The molecule has 108 valence electrons. The van der Waals surface area contributed by atoms with Crippen LogP contribution in [-0.2, 0) is 17.6 Å². The summed E-state index contributed by atoms with van der Waals surface area (Å²) in [4.78, 5) is 11.5. The standard InChI is InChI=1S/C18H20N2O/c1-12-9-14(10-15-11-17(21)20-18(12)15)16(19)8-7-13-5-3-2-4-6-13/h2-6,9-10,16H,7-8,11,19H2,1H3,(H,20,21). The number of benzene rings is 2. The highest BCUT2D eigenvalue weighted by molar-refractivity contribution is 6.00. The van der Waals surface area contributed by atoms with Gasteiger partial charge in [-0.15, -0.1) is 0 Å². The van der Waals surface area contributed by atoms with Gasteiger partial charge in [0.2, 0.25) is 5.91 Å². The van der Waals surface area contributed by atoms with Crippen molar-refractivity contribution in [3.63, 3.8) is 0 Å². The topological polar surface area (TPSA) is 55.1 Å². The highest BCUT2D eigenvalue weighted by Gasteiger charge is 2.21. The molecule has 1 amide bonds. The smallest absolute Gasteiger partial charge is 0.228 e. The number of fused-ring (bicyclic) bond motifs is 1. The minimum atomic E-state index is 0.00454. The molecule has 0 radical (unpaired) electrons. The van der Waals surface area contributed by atoms with E-state index in [4.69, 9.17) is 5.73 Å². The molecular formula is C18H20N2O. The third-order valence-corrected chi connectivity index (χ3v) is 4.07. The summed E-state index contributed by atoms with van der Waals surface area (Å²) in [5.74, 6) is 0.0723. The van der Waals surface area contributed by atoms with Crippen LogP contribution in [0.5, 0.6) is 0 Å². The summed E-state index contributed by atoms with van der Waals surface area (Å²) in [5, 5.41) is 2.91. The zero-order valence-electron chi connectivity index (χ0n) is 12.2. The number of nitrogens with one attached hydrogen (secondary N) is 1. The zero-order valence-corrected chi connectivity index (χ0v) is 12.2. The van der Waals surface area contributed by atoms with Gasteiger partial charge in [-0.25, -0.2) is 0 Å². The minimum absolute atomic E-state index is 0.00454. The monoisotopic (exact) mass is 280 g/mol. The summed E-state index contributed by atoms with van der Waals surface area (Å²) in [6, 6.07) is 14.6. The fourth-order valence-electron chi connectivity index (χ4n) is 2.91. The van der Waals surface area contributed by atoms with E-state index in [1.165, 1.54) is 5.56 Å². The van der Waals surface area contributed by atoms with Gasteiger partial charge in [-0.2, -0.15) is 0 Å². The minimum Gasteiger partial charge on any atom is -0.325 e. The third-order valence-electron chi connectivity index (χ3n) is 4.07.